The summed E-state index contributed by atoms with van der Waals surface area (Å²) in [6, 6.07) is 7.47. The third kappa shape index (κ3) is 3.34. The molecule has 0 unspecified atom stereocenters. The number of aliphatic carboxylic acids is 1. The van der Waals surface area contributed by atoms with Crippen molar-refractivity contribution in [2.75, 3.05) is 5.32 Å². The van der Waals surface area contributed by atoms with Gasteiger partial charge in [-0.25, -0.2) is 0 Å². The zero-order chi connectivity index (χ0) is 13.8. The van der Waals surface area contributed by atoms with E-state index in [-0.39, 0.29) is 5.91 Å². The van der Waals surface area contributed by atoms with Crippen LogP contribution in [-0.2, 0) is 9.59 Å². The number of carbonyl (C=O) groups is 2. The average Bonchev–Trinajstić information content (AvgIpc) is 2.41. The van der Waals surface area contributed by atoms with Gasteiger partial charge in [-0.3, -0.25) is 4.79 Å². The van der Waals surface area contributed by atoms with Gasteiger partial charge in [-0.2, -0.15) is 0 Å². The van der Waals surface area contributed by atoms with Crippen LogP contribution < -0.4 is 10.4 Å². The number of nitrogens with one attached hydrogen (secondary N) is 1. The first-order valence-electron chi connectivity index (χ1n) is 6.66. The molecule has 102 valence electrons. The van der Waals surface area contributed by atoms with E-state index in [1.807, 2.05) is 31.2 Å². The quantitative estimate of drug-likeness (QED) is 0.895. The molecule has 1 fully saturated rings. The Labute approximate surface area is 112 Å². The average molecular weight is 260 g/mol. The Kier molecular flexibility index (Phi) is 4.20. The van der Waals surface area contributed by atoms with Crippen LogP contribution in [0.5, 0.6) is 0 Å². The van der Waals surface area contributed by atoms with Gasteiger partial charge in [0.1, 0.15) is 0 Å². The fourth-order valence-electron chi connectivity index (χ4n) is 2.60. The molecule has 2 atom stereocenters. The molecule has 1 N–H and O–H groups in total. The molecule has 1 aliphatic carbocycles. The van der Waals surface area contributed by atoms with Gasteiger partial charge >= 0.3 is 0 Å². The highest BCUT2D eigenvalue weighted by molar-refractivity contribution is 5.95. The predicted octanol–water partition coefficient (Wildman–Crippen LogP) is 1.49. The molecule has 0 aliphatic heterocycles. The van der Waals surface area contributed by atoms with Crippen molar-refractivity contribution in [3.63, 3.8) is 0 Å². The maximum Gasteiger partial charge on any atom is 0.228 e. The minimum atomic E-state index is -1.11. The van der Waals surface area contributed by atoms with Crippen molar-refractivity contribution in [1.82, 2.24) is 0 Å². The molecule has 0 saturated heterocycles. The molecular formula is C15H18NO3-. The first-order chi connectivity index (χ1) is 9.08. The Morgan fingerprint density at radius 3 is 2.26 bits per heavy atom. The van der Waals surface area contributed by atoms with Crippen LogP contribution in [0.4, 0.5) is 5.69 Å². The molecule has 1 aromatic carbocycles. The number of hydrogen-bond donors (Lipinski definition) is 1. The van der Waals surface area contributed by atoms with Gasteiger partial charge in [-0.1, -0.05) is 30.5 Å². The maximum atomic E-state index is 12.2. The predicted molar refractivity (Wildman–Crippen MR) is 70.3 cm³/mol. The maximum absolute atomic E-state index is 12.2. The standard InChI is InChI=1S/C15H19NO3/c1-10-6-8-11(9-7-10)16-14(17)12-4-2-3-5-13(12)15(18)19/h6-9,12-13H,2-5H2,1H3,(H,16,17)(H,18,19)/p-1/t12-,13+/m0/s1. The number of carboxylic acids is 1. The first kappa shape index (κ1) is 13.6. The Balaban J connectivity index is 2.05. The van der Waals surface area contributed by atoms with Crippen molar-refractivity contribution in [1.29, 1.82) is 0 Å². The van der Waals surface area contributed by atoms with Crippen LogP contribution in [0.25, 0.3) is 0 Å². The lowest BCUT2D eigenvalue weighted by Crippen LogP contribution is -2.42. The van der Waals surface area contributed by atoms with Crippen LogP contribution >= 0.6 is 0 Å². The zero-order valence-electron chi connectivity index (χ0n) is 11.0. The summed E-state index contributed by atoms with van der Waals surface area (Å²) in [5.74, 6) is -2.44. The van der Waals surface area contributed by atoms with Crippen molar-refractivity contribution in [2.24, 2.45) is 11.8 Å². The number of rotatable bonds is 3. The van der Waals surface area contributed by atoms with E-state index < -0.39 is 17.8 Å². The second-order valence-electron chi connectivity index (χ2n) is 5.17. The lowest BCUT2D eigenvalue weighted by molar-refractivity contribution is -0.313. The van der Waals surface area contributed by atoms with Gasteiger partial charge in [-0.15, -0.1) is 0 Å². The summed E-state index contributed by atoms with van der Waals surface area (Å²) >= 11 is 0. The second kappa shape index (κ2) is 5.87. The molecular weight excluding hydrogens is 242 g/mol. The minimum Gasteiger partial charge on any atom is -0.550 e. The molecule has 1 aromatic rings. The summed E-state index contributed by atoms with van der Waals surface area (Å²) in [5.41, 5.74) is 1.82. The highest BCUT2D eigenvalue weighted by Crippen LogP contribution is 2.30. The molecule has 19 heavy (non-hydrogen) atoms. The molecule has 1 aliphatic rings. The van der Waals surface area contributed by atoms with Crippen molar-refractivity contribution < 1.29 is 14.7 Å². The summed E-state index contributed by atoms with van der Waals surface area (Å²) in [6.07, 6.45) is 2.91. The fourth-order valence-corrected chi connectivity index (χ4v) is 2.60. The summed E-state index contributed by atoms with van der Waals surface area (Å²) in [6.45, 7) is 1.97. The molecule has 1 saturated carbocycles. The SMILES string of the molecule is Cc1ccc(NC(=O)[C@H]2CCCC[C@H]2C(=O)[O-])cc1. The highest BCUT2D eigenvalue weighted by Gasteiger charge is 2.31. The van der Waals surface area contributed by atoms with E-state index in [0.717, 1.165) is 18.4 Å². The topological polar surface area (TPSA) is 69.2 Å². The summed E-state index contributed by atoms with van der Waals surface area (Å²) in [7, 11) is 0. The zero-order valence-corrected chi connectivity index (χ0v) is 11.0. The molecule has 2 rings (SSSR count). The van der Waals surface area contributed by atoms with Gasteiger partial charge in [-0.05, 0) is 31.9 Å². The largest absolute Gasteiger partial charge is 0.550 e. The van der Waals surface area contributed by atoms with Crippen molar-refractivity contribution >= 4 is 17.6 Å². The molecule has 0 bridgehead atoms. The molecule has 0 aromatic heterocycles. The third-order valence-corrected chi connectivity index (χ3v) is 3.72. The fraction of sp³-hybridized carbons (Fsp3) is 0.467. The molecule has 0 radical (unpaired) electrons. The number of aryl methyl sites for hydroxylation is 1. The van der Waals surface area contributed by atoms with Gasteiger partial charge in [0.15, 0.2) is 0 Å². The van der Waals surface area contributed by atoms with Crippen LogP contribution in [0.1, 0.15) is 31.2 Å². The number of carbonyl (C=O) groups excluding carboxylic acids is 2. The van der Waals surface area contributed by atoms with Crippen LogP contribution in [0.15, 0.2) is 24.3 Å². The Morgan fingerprint density at radius 2 is 1.68 bits per heavy atom. The third-order valence-electron chi connectivity index (χ3n) is 3.72. The lowest BCUT2D eigenvalue weighted by Gasteiger charge is -2.31. The summed E-state index contributed by atoms with van der Waals surface area (Å²) in [5, 5.41) is 13.9. The highest BCUT2D eigenvalue weighted by atomic mass is 16.4. The number of hydrogen-bond acceptors (Lipinski definition) is 3. The van der Waals surface area contributed by atoms with E-state index in [2.05, 4.69) is 5.32 Å². The normalized spacial score (nSPS) is 22.8. The number of carboxylic acid groups (broad SMARTS) is 1. The lowest BCUT2D eigenvalue weighted by atomic mass is 9.78. The van der Waals surface area contributed by atoms with E-state index in [0.29, 0.717) is 18.5 Å². The Hall–Kier alpha value is -1.84. The molecule has 4 nitrogen and oxygen atoms in total. The number of amides is 1. The van der Waals surface area contributed by atoms with Crippen molar-refractivity contribution in [3.05, 3.63) is 29.8 Å². The van der Waals surface area contributed by atoms with E-state index in [1.54, 1.807) is 0 Å². The van der Waals surface area contributed by atoms with Crippen LogP contribution in [0, 0.1) is 18.8 Å². The van der Waals surface area contributed by atoms with Crippen LogP contribution in [0.2, 0.25) is 0 Å². The van der Waals surface area contributed by atoms with E-state index in [1.165, 1.54) is 0 Å². The monoisotopic (exact) mass is 260 g/mol. The molecule has 0 heterocycles. The molecule has 0 spiro atoms. The van der Waals surface area contributed by atoms with E-state index >= 15 is 0 Å². The number of benzene rings is 1. The van der Waals surface area contributed by atoms with Gasteiger partial charge < -0.3 is 15.2 Å². The van der Waals surface area contributed by atoms with Crippen molar-refractivity contribution in [2.45, 2.75) is 32.6 Å². The second-order valence-corrected chi connectivity index (χ2v) is 5.17. The van der Waals surface area contributed by atoms with E-state index in [4.69, 9.17) is 0 Å². The Bertz CT molecular complexity index is 467. The molecule has 4 heteroatoms. The number of anilines is 1. The van der Waals surface area contributed by atoms with E-state index in [9.17, 15) is 14.7 Å². The van der Waals surface area contributed by atoms with Gasteiger partial charge in [0.05, 0.1) is 0 Å². The van der Waals surface area contributed by atoms with Gasteiger partial charge in [0.2, 0.25) is 5.91 Å². The van der Waals surface area contributed by atoms with Gasteiger partial charge in [0.25, 0.3) is 0 Å². The summed E-state index contributed by atoms with van der Waals surface area (Å²) < 4.78 is 0. The van der Waals surface area contributed by atoms with Crippen molar-refractivity contribution in [3.8, 4) is 0 Å². The van der Waals surface area contributed by atoms with Crippen LogP contribution in [-0.4, -0.2) is 11.9 Å². The minimum absolute atomic E-state index is 0.210. The van der Waals surface area contributed by atoms with Crippen LogP contribution in [0.3, 0.4) is 0 Å². The van der Waals surface area contributed by atoms with Gasteiger partial charge in [0, 0.05) is 23.5 Å². The summed E-state index contributed by atoms with van der Waals surface area (Å²) in [4.78, 5) is 23.2. The Morgan fingerprint density at radius 1 is 1.11 bits per heavy atom. The molecule has 1 amide bonds. The smallest absolute Gasteiger partial charge is 0.228 e. The first-order valence-corrected chi connectivity index (χ1v) is 6.66.